The van der Waals surface area contributed by atoms with Gasteiger partial charge in [-0.05, 0) is 44.4 Å². The van der Waals surface area contributed by atoms with Crippen LogP contribution in [-0.2, 0) is 10.3 Å². The Bertz CT molecular complexity index is 446. The lowest BCUT2D eigenvalue weighted by molar-refractivity contribution is -0.0957. The first-order valence-corrected chi connectivity index (χ1v) is 8.16. The van der Waals surface area contributed by atoms with Gasteiger partial charge in [-0.25, -0.2) is 0 Å². The third-order valence-electron chi connectivity index (χ3n) is 4.60. The van der Waals surface area contributed by atoms with Gasteiger partial charge in [0.25, 0.3) is 0 Å². The molecule has 1 aromatic heterocycles. The molecule has 1 aliphatic carbocycles. The quantitative estimate of drug-likeness (QED) is 0.866. The van der Waals surface area contributed by atoms with Gasteiger partial charge in [-0.15, -0.1) is 0 Å². The van der Waals surface area contributed by atoms with Crippen LogP contribution in [0.4, 0.5) is 0 Å². The van der Waals surface area contributed by atoms with Crippen molar-refractivity contribution in [3.8, 4) is 0 Å². The summed E-state index contributed by atoms with van der Waals surface area (Å²) >= 11 is 0. The molecular formula is C16H29N3O2. The van der Waals surface area contributed by atoms with Crippen LogP contribution in [0.3, 0.4) is 0 Å². The Kier molecular flexibility index (Phi) is 5.04. The zero-order chi connectivity index (χ0) is 15.5. The molecule has 0 aliphatic heterocycles. The lowest BCUT2D eigenvalue weighted by atomic mass is 9.70. The van der Waals surface area contributed by atoms with E-state index in [9.17, 15) is 0 Å². The van der Waals surface area contributed by atoms with Crippen LogP contribution in [0.5, 0.6) is 0 Å². The predicted molar refractivity (Wildman–Crippen MR) is 81.7 cm³/mol. The Balaban J connectivity index is 2.19. The maximum Gasteiger partial charge on any atom is 0.243 e. The van der Waals surface area contributed by atoms with Crippen molar-refractivity contribution in [3.05, 3.63) is 11.7 Å². The van der Waals surface area contributed by atoms with Gasteiger partial charge in [0.2, 0.25) is 11.7 Å². The van der Waals surface area contributed by atoms with Crippen molar-refractivity contribution in [3.63, 3.8) is 0 Å². The summed E-state index contributed by atoms with van der Waals surface area (Å²) in [6.45, 7) is 9.39. The highest BCUT2D eigenvalue weighted by Crippen LogP contribution is 2.46. The van der Waals surface area contributed by atoms with E-state index in [0.29, 0.717) is 23.7 Å². The fourth-order valence-electron chi connectivity index (χ4n) is 3.04. The molecule has 120 valence electrons. The van der Waals surface area contributed by atoms with Crippen molar-refractivity contribution in [1.82, 2.24) is 10.1 Å². The van der Waals surface area contributed by atoms with Gasteiger partial charge in [0.1, 0.15) is 5.60 Å². The van der Waals surface area contributed by atoms with Gasteiger partial charge in [0.15, 0.2) is 0 Å². The van der Waals surface area contributed by atoms with Gasteiger partial charge in [-0.2, -0.15) is 4.98 Å². The van der Waals surface area contributed by atoms with Gasteiger partial charge in [0.05, 0.1) is 6.04 Å². The molecule has 1 aliphatic rings. The number of hydrogen-bond donors (Lipinski definition) is 1. The number of nitrogens with two attached hydrogens (primary N) is 1. The average molecular weight is 295 g/mol. The lowest BCUT2D eigenvalue weighted by Crippen LogP contribution is -2.38. The van der Waals surface area contributed by atoms with Gasteiger partial charge >= 0.3 is 0 Å². The largest absolute Gasteiger partial charge is 0.367 e. The first-order chi connectivity index (χ1) is 9.92. The molecule has 0 saturated heterocycles. The second kappa shape index (κ2) is 6.44. The van der Waals surface area contributed by atoms with Crippen LogP contribution in [0.2, 0.25) is 0 Å². The number of nitrogens with zero attached hydrogens (tertiary/aromatic N) is 2. The molecule has 1 saturated carbocycles. The van der Waals surface area contributed by atoms with Crippen molar-refractivity contribution in [2.75, 3.05) is 6.61 Å². The minimum Gasteiger partial charge on any atom is -0.367 e. The minimum absolute atomic E-state index is 0.171. The summed E-state index contributed by atoms with van der Waals surface area (Å²) in [4.78, 5) is 4.56. The molecule has 0 aromatic carbocycles. The number of aromatic nitrogens is 2. The molecule has 0 bridgehead atoms. The van der Waals surface area contributed by atoms with Gasteiger partial charge in [-0.1, -0.05) is 32.3 Å². The molecule has 2 rings (SSSR count). The molecule has 5 heteroatoms. The van der Waals surface area contributed by atoms with Crippen LogP contribution in [0.25, 0.3) is 0 Å². The Morgan fingerprint density at radius 1 is 1.24 bits per heavy atom. The highest BCUT2D eigenvalue weighted by atomic mass is 16.5. The molecule has 1 fully saturated rings. The Morgan fingerprint density at radius 2 is 1.90 bits per heavy atom. The van der Waals surface area contributed by atoms with E-state index >= 15 is 0 Å². The molecule has 1 aromatic rings. The summed E-state index contributed by atoms with van der Waals surface area (Å²) in [6.07, 6.45) is 5.96. The van der Waals surface area contributed by atoms with Crippen molar-refractivity contribution in [1.29, 1.82) is 0 Å². The van der Waals surface area contributed by atoms with E-state index in [2.05, 4.69) is 30.9 Å². The van der Waals surface area contributed by atoms with Crippen LogP contribution < -0.4 is 5.73 Å². The fraction of sp³-hybridized carbons (Fsp3) is 0.875. The molecule has 0 unspecified atom stereocenters. The summed E-state index contributed by atoms with van der Waals surface area (Å²) in [5, 5.41) is 4.19. The standard InChI is InChI=1S/C16H29N3O2/c1-5-7-12(17)13-18-14(19-21-13)16(20-6-2)10-8-15(3,4)9-11-16/h12H,5-11,17H2,1-4H3/t12-/m1/s1. The van der Waals surface area contributed by atoms with Gasteiger partial charge in [0, 0.05) is 6.61 Å². The van der Waals surface area contributed by atoms with E-state index in [4.69, 9.17) is 15.0 Å². The summed E-state index contributed by atoms with van der Waals surface area (Å²) in [7, 11) is 0. The first-order valence-electron chi connectivity index (χ1n) is 8.16. The van der Waals surface area contributed by atoms with Crippen LogP contribution in [0.15, 0.2) is 4.52 Å². The SMILES string of the molecule is CCC[C@@H](N)c1nc(C2(OCC)CCC(C)(C)CC2)no1. The molecule has 1 atom stereocenters. The monoisotopic (exact) mass is 295 g/mol. The van der Waals surface area contributed by atoms with E-state index in [1.807, 2.05) is 6.92 Å². The summed E-state index contributed by atoms with van der Waals surface area (Å²) < 4.78 is 11.5. The van der Waals surface area contributed by atoms with E-state index in [1.54, 1.807) is 0 Å². The maximum absolute atomic E-state index is 6.08. The second-order valence-electron chi connectivity index (χ2n) is 6.94. The third-order valence-corrected chi connectivity index (χ3v) is 4.60. The summed E-state index contributed by atoms with van der Waals surface area (Å²) in [5.74, 6) is 1.22. The molecule has 5 nitrogen and oxygen atoms in total. The van der Waals surface area contributed by atoms with E-state index in [0.717, 1.165) is 38.5 Å². The first kappa shape index (κ1) is 16.4. The zero-order valence-corrected chi connectivity index (χ0v) is 13.8. The Labute approximate surface area is 127 Å². The van der Waals surface area contributed by atoms with Crippen LogP contribution in [-0.4, -0.2) is 16.7 Å². The highest BCUT2D eigenvalue weighted by Gasteiger charge is 2.44. The molecule has 2 N–H and O–H groups in total. The highest BCUT2D eigenvalue weighted by molar-refractivity contribution is 5.06. The van der Waals surface area contributed by atoms with Crippen molar-refractivity contribution >= 4 is 0 Å². The summed E-state index contributed by atoms with van der Waals surface area (Å²) in [5.41, 5.74) is 6.05. The van der Waals surface area contributed by atoms with Gasteiger partial charge in [-0.3, -0.25) is 0 Å². The van der Waals surface area contributed by atoms with Crippen LogP contribution >= 0.6 is 0 Å². The molecule has 1 heterocycles. The van der Waals surface area contributed by atoms with Crippen LogP contribution in [0.1, 0.15) is 84.0 Å². The fourth-order valence-corrected chi connectivity index (χ4v) is 3.04. The third kappa shape index (κ3) is 3.64. The Hall–Kier alpha value is -0.940. The topological polar surface area (TPSA) is 74.2 Å². The Morgan fingerprint density at radius 3 is 2.48 bits per heavy atom. The van der Waals surface area contributed by atoms with E-state index in [1.165, 1.54) is 0 Å². The average Bonchev–Trinajstić information content (AvgIpc) is 2.92. The molecule has 0 amide bonds. The van der Waals surface area contributed by atoms with Crippen LogP contribution in [0, 0.1) is 5.41 Å². The molecule has 0 radical (unpaired) electrons. The molecular weight excluding hydrogens is 266 g/mol. The number of rotatable bonds is 6. The summed E-state index contributed by atoms with van der Waals surface area (Å²) in [6, 6.07) is -0.171. The minimum atomic E-state index is -0.391. The van der Waals surface area contributed by atoms with E-state index < -0.39 is 5.60 Å². The van der Waals surface area contributed by atoms with Crippen molar-refractivity contribution in [2.45, 2.75) is 77.9 Å². The van der Waals surface area contributed by atoms with Crippen molar-refractivity contribution in [2.24, 2.45) is 11.1 Å². The number of ether oxygens (including phenoxy) is 1. The normalized spacial score (nSPS) is 22.1. The zero-order valence-electron chi connectivity index (χ0n) is 13.8. The molecule has 21 heavy (non-hydrogen) atoms. The lowest BCUT2D eigenvalue weighted by Gasteiger charge is -2.41. The van der Waals surface area contributed by atoms with Gasteiger partial charge < -0.3 is 15.0 Å². The van der Waals surface area contributed by atoms with E-state index in [-0.39, 0.29) is 6.04 Å². The predicted octanol–water partition coefficient (Wildman–Crippen LogP) is 3.70. The van der Waals surface area contributed by atoms with Crippen molar-refractivity contribution < 1.29 is 9.26 Å². The molecule has 0 spiro atoms. The maximum atomic E-state index is 6.08. The smallest absolute Gasteiger partial charge is 0.243 e. The number of hydrogen-bond acceptors (Lipinski definition) is 5. The second-order valence-corrected chi connectivity index (χ2v) is 6.94.